The first kappa shape index (κ1) is 18.3. The van der Waals surface area contributed by atoms with Gasteiger partial charge in [-0.2, -0.15) is 13.2 Å². The minimum atomic E-state index is -4.54. The maximum absolute atomic E-state index is 12.8. The van der Waals surface area contributed by atoms with Crippen LogP contribution in [-0.4, -0.2) is 18.4 Å². The molecule has 2 aromatic carbocycles. The average Bonchev–Trinajstić information content (AvgIpc) is 2.98. The predicted octanol–water partition coefficient (Wildman–Crippen LogP) is 4.35. The lowest BCUT2D eigenvalue weighted by Gasteiger charge is -2.17. The quantitative estimate of drug-likeness (QED) is 0.858. The Morgan fingerprint density at radius 1 is 1.15 bits per heavy atom. The van der Waals surface area contributed by atoms with E-state index in [1.807, 2.05) is 6.07 Å². The van der Waals surface area contributed by atoms with Crippen molar-refractivity contribution in [3.8, 4) is 0 Å². The molecule has 2 amide bonds. The number of halogens is 4. The summed E-state index contributed by atoms with van der Waals surface area (Å²) in [6, 6.07) is 11.6. The summed E-state index contributed by atoms with van der Waals surface area (Å²) in [5, 5.41) is 2.40. The molecule has 0 aliphatic carbocycles. The lowest BCUT2D eigenvalue weighted by molar-refractivity contribution is -0.137. The molecule has 1 N–H and O–H groups in total. The van der Waals surface area contributed by atoms with Crippen LogP contribution in [0.25, 0.3) is 0 Å². The van der Waals surface area contributed by atoms with Crippen molar-refractivity contribution in [2.75, 3.05) is 16.8 Å². The first-order chi connectivity index (χ1) is 12.3. The number of para-hydroxylation sites is 1. The molecule has 3 rings (SSSR count). The zero-order valence-corrected chi connectivity index (χ0v) is 14.1. The molecule has 26 heavy (non-hydrogen) atoms. The molecule has 2 aromatic rings. The van der Waals surface area contributed by atoms with E-state index in [9.17, 15) is 22.8 Å². The molecule has 1 aliphatic rings. The van der Waals surface area contributed by atoms with E-state index >= 15 is 0 Å². The molecular formula is C18H14ClF3N2O2. The van der Waals surface area contributed by atoms with E-state index in [0.29, 0.717) is 5.69 Å². The Labute approximate surface area is 152 Å². The normalized spacial score (nSPS) is 17.5. The molecule has 1 heterocycles. The minimum Gasteiger partial charge on any atom is -0.324 e. The summed E-state index contributed by atoms with van der Waals surface area (Å²) < 4.78 is 38.5. The van der Waals surface area contributed by atoms with E-state index in [2.05, 4.69) is 5.32 Å². The van der Waals surface area contributed by atoms with Crippen molar-refractivity contribution in [3.63, 3.8) is 0 Å². The van der Waals surface area contributed by atoms with Crippen LogP contribution in [0.1, 0.15) is 12.0 Å². The molecule has 0 saturated carbocycles. The highest BCUT2D eigenvalue weighted by atomic mass is 35.5. The summed E-state index contributed by atoms with van der Waals surface area (Å²) in [4.78, 5) is 26.1. The summed E-state index contributed by atoms with van der Waals surface area (Å²) in [6.07, 6.45) is -4.56. The maximum atomic E-state index is 12.8. The van der Waals surface area contributed by atoms with Gasteiger partial charge in [0.25, 0.3) is 0 Å². The Hall–Kier alpha value is -2.54. The Morgan fingerprint density at radius 3 is 2.50 bits per heavy atom. The smallest absolute Gasteiger partial charge is 0.324 e. The molecule has 8 heteroatoms. The molecule has 1 aliphatic heterocycles. The Balaban J connectivity index is 1.74. The number of nitrogens with one attached hydrogen (secondary N) is 1. The maximum Gasteiger partial charge on any atom is 0.416 e. The highest BCUT2D eigenvalue weighted by Crippen LogP contribution is 2.34. The fraction of sp³-hybridized carbons (Fsp3) is 0.222. The van der Waals surface area contributed by atoms with Gasteiger partial charge in [-0.15, -0.1) is 0 Å². The molecule has 0 aromatic heterocycles. The fourth-order valence-electron chi connectivity index (χ4n) is 2.77. The van der Waals surface area contributed by atoms with E-state index in [4.69, 9.17) is 11.6 Å². The second-order valence-corrected chi connectivity index (χ2v) is 6.33. The number of alkyl halides is 3. The van der Waals surface area contributed by atoms with Gasteiger partial charge in [0.05, 0.1) is 22.2 Å². The molecular weight excluding hydrogens is 369 g/mol. The lowest BCUT2D eigenvalue weighted by atomic mass is 10.1. The number of nitrogens with zero attached hydrogens (tertiary/aromatic N) is 1. The van der Waals surface area contributed by atoms with Crippen molar-refractivity contribution in [1.82, 2.24) is 0 Å². The number of hydrogen-bond acceptors (Lipinski definition) is 2. The molecule has 1 fully saturated rings. The second-order valence-electron chi connectivity index (χ2n) is 5.92. The van der Waals surface area contributed by atoms with Crippen molar-refractivity contribution in [2.24, 2.45) is 5.92 Å². The van der Waals surface area contributed by atoms with Gasteiger partial charge in [-0.05, 0) is 30.3 Å². The summed E-state index contributed by atoms with van der Waals surface area (Å²) in [5.41, 5.74) is -0.368. The first-order valence-corrected chi connectivity index (χ1v) is 8.16. The van der Waals surface area contributed by atoms with Gasteiger partial charge in [-0.3, -0.25) is 9.59 Å². The van der Waals surface area contributed by atoms with Crippen molar-refractivity contribution >= 4 is 34.8 Å². The van der Waals surface area contributed by atoms with Gasteiger partial charge in [0.1, 0.15) is 0 Å². The van der Waals surface area contributed by atoms with Crippen LogP contribution in [0.2, 0.25) is 5.02 Å². The van der Waals surface area contributed by atoms with Crippen LogP contribution in [0.4, 0.5) is 24.5 Å². The summed E-state index contributed by atoms with van der Waals surface area (Å²) in [5.74, 6) is -1.43. The molecule has 0 unspecified atom stereocenters. The van der Waals surface area contributed by atoms with Crippen LogP contribution < -0.4 is 10.2 Å². The third kappa shape index (κ3) is 3.83. The number of benzene rings is 2. The molecule has 1 atom stereocenters. The number of carbonyl (C=O) groups excluding carboxylic acids is 2. The third-order valence-electron chi connectivity index (χ3n) is 4.12. The van der Waals surface area contributed by atoms with E-state index in [-0.39, 0.29) is 29.6 Å². The highest BCUT2D eigenvalue weighted by Gasteiger charge is 2.36. The van der Waals surface area contributed by atoms with Gasteiger partial charge in [-0.25, -0.2) is 0 Å². The van der Waals surface area contributed by atoms with Gasteiger partial charge in [0, 0.05) is 18.7 Å². The summed E-state index contributed by atoms with van der Waals surface area (Å²) in [7, 11) is 0. The topological polar surface area (TPSA) is 49.4 Å². The van der Waals surface area contributed by atoms with Crippen LogP contribution >= 0.6 is 11.6 Å². The number of anilines is 2. The largest absolute Gasteiger partial charge is 0.416 e. The van der Waals surface area contributed by atoms with Crippen molar-refractivity contribution < 1.29 is 22.8 Å². The Morgan fingerprint density at radius 2 is 1.85 bits per heavy atom. The molecule has 4 nitrogen and oxygen atoms in total. The molecule has 0 spiro atoms. The van der Waals surface area contributed by atoms with Gasteiger partial charge in [0.2, 0.25) is 11.8 Å². The van der Waals surface area contributed by atoms with E-state index in [0.717, 1.165) is 18.2 Å². The third-order valence-corrected chi connectivity index (χ3v) is 4.44. The van der Waals surface area contributed by atoms with E-state index in [1.165, 1.54) is 4.90 Å². The fourth-order valence-corrected chi connectivity index (χ4v) is 2.94. The molecule has 136 valence electrons. The van der Waals surface area contributed by atoms with Crippen LogP contribution in [0.5, 0.6) is 0 Å². The molecule has 0 radical (unpaired) electrons. The van der Waals surface area contributed by atoms with Crippen LogP contribution in [0.15, 0.2) is 48.5 Å². The van der Waals surface area contributed by atoms with Crippen molar-refractivity contribution in [3.05, 3.63) is 59.1 Å². The number of carbonyl (C=O) groups is 2. The van der Waals surface area contributed by atoms with E-state index < -0.39 is 23.6 Å². The van der Waals surface area contributed by atoms with Gasteiger partial charge < -0.3 is 10.2 Å². The number of rotatable bonds is 3. The van der Waals surface area contributed by atoms with Crippen LogP contribution in [0, 0.1) is 5.92 Å². The van der Waals surface area contributed by atoms with E-state index in [1.54, 1.807) is 24.3 Å². The summed E-state index contributed by atoms with van der Waals surface area (Å²) >= 11 is 5.89. The zero-order chi connectivity index (χ0) is 18.9. The van der Waals surface area contributed by atoms with Gasteiger partial charge in [0.15, 0.2) is 0 Å². The van der Waals surface area contributed by atoms with Crippen LogP contribution in [0.3, 0.4) is 0 Å². The standard InChI is InChI=1S/C18H14ClF3N2O2/c19-14-7-6-12(18(20,21)22)9-15(14)23-17(26)11-8-16(25)24(10-11)13-4-2-1-3-5-13/h1-7,9,11H,8,10H2,(H,23,26)/t11-/m1/s1. The summed E-state index contributed by atoms with van der Waals surface area (Å²) in [6.45, 7) is 0.158. The van der Waals surface area contributed by atoms with Crippen molar-refractivity contribution in [1.29, 1.82) is 0 Å². The van der Waals surface area contributed by atoms with Crippen molar-refractivity contribution in [2.45, 2.75) is 12.6 Å². The van der Waals surface area contributed by atoms with Crippen LogP contribution in [-0.2, 0) is 15.8 Å². The Kier molecular flexibility index (Phi) is 4.91. The number of hydrogen-bond donors (Lipinski definition) is 1. The average molecular weight is 383 g/mol. The lowest BCUT2D eigenvalue weighted by Crippen LogP contribution is -2.28. The Bertz CT molecular complexity index is 840. The SMILES string of the molecule is O=C(Nc1cc(C(F)(F)F)ccc1Cl)[C@@H]1CC(=O)N(c2ccccc2)C1. The predicted molar refractivity (Wildman–Crippen MR) is 92.0 cm³/mol. The van der Waals surface area contributed by atoms with Gasteiger partial charge in [-0.1, -0.05) is 29.8 Å². The molecule has 0 bridgehead atoms. The zero-order valence-electron chi connectivity index (χ0n) is 13.4. The second kappa shape index (κ2) is 6.99. The monoisotopic (exact) mass is 382 g/mol. The number of amides is 2. The molecule has 1 saturated heterocycles. The van der Waals surface area contributed by atoms with Gasteiger partial charge >= 0.3 is 6.18 Å². The highest BCUT2D eigenvalue weighted by molar-refractivity contribution is 6.33. The minimum absolute atomic E-state index is 0.00408. The first-order valence-electron chi connectivity index (χ1n) is 7.79.